The van der Waals surface area contributed by atoms with Gasteiger partial charge in [-0.05, 0) is 18.1 Å². The van der Waals surface area contributed by atoms with Gasteiger partial charge >= 0.3 is 0 Å². The van der Waals surface area contributed by atoms with Crippen molar-refractivity contribution in [3.8, 4) is 0 Å². The molecule has 4 heteroatoms. The SMILES string of the molecule is C=CCn1ccnc1NCCc1ccccc1F. The second kappa shape index (κ2) is 6.00. The van der Waals surface area contributed by atoms with Crippen molar-refractivity contribution in [2.45, 2.75) is 13.0 Å². The standard InChI is InChI=1S/C14H16FN3/c1-2-10-18-11-9-17-14(18)16-8-7-12-5-3-4-6-13(12)15/h2-6,9,11H,1,7-8,10H2,(H,16,17). The van der Waals surface area contributed by atoms with Crippen LogP contribution in [0.5, 0.6) is 0 Å². The van der Waals surface area contributed by atoms with Gasteiger partial charge in [0.15, 0.2) is 0 Å². The zero-order chi connectivity index (χ0) is 12.8. The molecule has 94 valence electrons. The summed E-state index contributed by atoms with van der Waals surface area (Å²) < 4.78 is 15.3. The van der Waals surface area contributed by atoms with Gasteiger partial charge in [-0.1, -0.05) is 24.3 Å². The van der Waals surface area contributed by atoms with E-state index in [-0.39, 0.29) is 5.82 Å². The number of halogens is 1. The van der Waals surface area contributed by atoms with Crippen molar-refractivity contribution in [2.24, 2.45) is 0 Å². The van der Waals surface area contributed by atoms with E-state index in [0.29, 0.717) is 25.1 Å². The van der Waals surface area contributed by atoms with Crippen LogP contribution in [0.15, 0.2) is 49.3 Å². The van der Waals surface area contributed by atoms with Crippen LogP contribution in [0.4, 0.5) is 10.3 Å². The second-order valence-corrected chi connectivity index (χ2v) is 3.96. The summed E-state index contributed by atoms with van der Waals surface area (Å²) in [5.74, 6) is 0.625. The third-order valence-electron chi connectivity index (χ3n) is 2.68. The highest BCUT2D eigenvalue weighted by Crippen LogP contribution is 2.08. The van der Waals surface area contributed by atoms with Crippen LogP contribution in [-0.2, 0) is 13.0 Å². The number of imidazole rings is 1. The third kappa shape index (κ3) is 2.97. The van der Waals surface area contributed by atoms with Gasteiger partial charge in [-0.25, -0.2) is 9.37 Å². The van der Waals surface area contributed by atoms with Gasteiger partial charge in [0.05, 0.1) is 0 Å². The first-order valence-electron chi connectivity index (χ1n) is 5.90. The molecule has 2 rings (SSSR count). The smallest absolute Gasteiger partial charge is 0.203 e. The van der Waals surface area contributed by atoms with Gasteiger partial charge < -0.3 is 9.88 Å². The Kier molecular flexibility index (Phi) is 4.12. The quantitative estimate of drug-likeness (QED) is 0.793. The minimum Gasteiger partial charge on any atom is -0.355 e. The summed E-state index contributed by atoms with van der Waals surface area (Å²) in [5, 5.41) is 3.19. The van der Waals surface area contributed by atoms with Crippen LogP contribution in [-0.4, -0.2) is 16.1 Å². The third-order valence-corrected chi connectivity index (χ3v) is 2.68. The molecule has 2 aromatic rings. The Hall–Kier alpha value is -2.10. The molecule has 0 aliphatic rings. The summed E-state index contributed by atoms with van der Waals surface area (Å²) in [6.07, 6.45) is 6.05. The van der Waals surface area contributed by atoms with E-state index in [0.717, 1.165) is 5.95 Å². The highest BCUT2D eigenvalue weighted by molar-refractivity contribution is 5.27. The summed E-state index contributed by atoms with van der Waals surface area (Å²) in [5.41, 5.74) is 0.715. The predicted octanol–water partition coefficient (Wildman–Crippen LogP) is 2.86. The van der Waals surface area contributed by atoms with E-state index in [1.54, 1.807) is 18.3 Å². The number of anilines is 1. The van der Waals surface area contributed by atoms with Gasteiger partial charge in [0.1, 0.15) is 5.82 Å². The Labute approximate surface area is 106 Å². The van der Waals surface area contributed by atoms with Crippen molar-refractivity contribution >= 4 is 5.95 Å². The van der Waals surface area contributed by atoms with Crippen LogP contribution in [0.2, 0.25) is 0 Å². The summed E-state index contributed by atoms with van der Waals surface area (Å²) in [6.45, 7) is 5.05. The van der Waals surface area contributed by atoms with Crippen molar-refractivity contribution in [1.29, 1.82) is 0 Å². The molecule has 0 spiro atoms. The molecule has 0 aliphatic carbocycles. The van der Waals surface area contributed by atoms with Gasteiger partial charge in [-0.3, -0.25) is 0 Å². The van der Waals surface area contributed by atoms with E-state index in [1.807, 2.05) is 22.9 Å². The van der Waals surface area contributed by atoms with Gasteiger partial charge in [0.2, 0.25) is 5.95 Å². The minimum absolute atomic E-state index is 0.159. The van der Waals surface area contributed by atoms with E-state index in [2.05, 4.69) is 16.9 Å². The molecule has 1 heterocycles. The topological polar surface area (TPSA) is 29.9 Å². The van der Waals surface area contributed by atoms with E-state index in [9.17, 15) is 4.39 Å². The molecule has 1 aromatic carbocycles. The monoisotopic (exact) mass is 245 g/mol. The van der Waals surface area contributed by atoms with Crippen LogP contribution in [0.25, 0.3) is 0 Å². The fourth-order valence-corrected chi connectivity index (χ4v) is 1.77. The minimum atomic E-state index is -0.159. The van der Waals surface area contributed by atoms with Crippen molar-refractivity contribution in [1.82, 2.24) is 9.55 Å². The van der Waals surface area contributed by atoms with Gasteiger partial charge in [0, 0.05) is 25.5 Å². The molecule has 1 aromatic heterocycles. The number of nitrogens with one attached hydrogen (secondary N) is 1. The fourth-order valence-electron chi connectivity index (χ4n) is 1.77. The first kappa shape index (κ1) is 12.4. The van der Waals surface area contributed by atoms with Crippen LogP contribution in [0.3, 0.4) is 0 Å². The average molecular weight is 245 g/mol. The molecule has 0 unspecified atom stereocenters. The molecule has 3 nitrogen and oxygen atoms in total. The maximum atomic E-state index is 13.4. The Morgan fingerprint density at radius 2 is 2.22 bits per heavy atom. The summed E-state index contributed by atoms with van der Waals surface area (Å²) in [4.78, 5) is 4.20. The highest BCUT2D eigenvalue weighted by atomic mass is 19.1. The average Bonchev–Trinajstić information content (AvgIpc) is 2.80. The van der Waals surface area contributed by atoms with E-state index in [4.69, 9.17) is 0 Å². The fraction of sp³-hybridized carbons (Fsp3) is 0.214. The summed E-state index contributed by atoms with van der Waals surface area (Å²) in [7, 11) is 0. The van der Waals surface area contributed by atoms with Crippen LogP contribution in [0, 0.1) is 5.82 Å². The van der Waals surface area contributed by atoms with Gasteiger partial charge in [0.25, 0.3) is 0 Å². The number of rotatable bonds is 6. The van der Waals surface area contributed by atoms with Crippen LogP contribution in [0.1, 0.15) is 5.56 Å². The Balaban J connectivity index is 1.90. The molecule has 18 heavy (non-hydrogen) atoms. The Morgan fingerprint density at radius 1 is 1.39 bits per heavy atom. The van der Waals surface area contributed by atoms with Crippen LogP contribution < -0.4 is 5.32 Å². The number of hydrogen-bond acceptors (Lipinski definition) is 2. The zero-order valence-corrected chi connectivity index (χ0v) is 10.1. The molecule has 1 N–H and O–H groups in total. The zero-order valence-electron chi connectivity index (χ0n) is 10.1. The van der Waals surface area contributed by atoms with Crippen molar-refractivity contribution in [3.05, 3.63) is 60.7 Å². The van der Waals surface area contributed by atoms with Crippen molar-refractivity contribution in [3.63, 3.8) is 0 Å². The second-order valence-electron chi connectivity index (χ2n) is 3.96. The lowest BCUT2D eigenvalue weighted by Gasteiger charge is -2.08. The number of aromatic nitrogens is 2. The first-order chi connectivity index (χ1) is 8.81. The summed E-state index contributed by atoms with van der Waals surface area (Å²) >= 11 is 0. The van der Waals surface area contributed by atoms with E-state index >= 15 is 0 Å². The van der Waals surface area contributed by atoms with Crippen molar-refractivity contribution < 1.29 is 4.39 Å². The van der Waals surface area contributed by atoms with Crippen LogP contribution >= 0.6 is 0 Å². The number of hydrogen-bond donors (Lipinski definition) is 1. The first-order valence-corrected chi connectivity index (χ1v) is 5.90. The molecular formula is C14H16FN3. The maximum absolute atomic E-state index is 13.4. The molecular weight excluding hydrogens is 229 g/mol. The lowest BCUT2D eigenvalue weighted by molar-refractivity contribution is 0.610. The lowest BCUT2D eigenvalue weighted by atomic mass is 10.1. The number of nitrogens with zero attached hydrogens (tertiary/aromatic N) is 2. The maximum Gasteiger partial charge on any atom is 0.203 e. The normalized spacial score (nSPS) is 10.3. The molecule has 0 fully saturated rings. The molecule has 0 bridgehead atoms. The Bertz CT molecular complexity index is 519. The molecule has 0 radical (unpaired) electrons. The van der Waals surface area contributed by atoms with Gasteiger partial charge in [-0.15, -0.1) is 6.58 Å². The van der Waals surface area contributed by atoms with Crippen molar-refractivity contribution in [2.75, 3.05) is 11.9 Å². The molecule has 0 atom stereocenters. The summed E-state index contributed by atoms with van der Waals surface area (Å²) in [6, 6.07) is 6.82. The molecule has 0 aliphatic heterocycles. The lowest BCUT2D eigenvalue weighted by Crippen LogP contribution is -2.10. The predicted molar refractivity (Wildman–Crippen MR) is 71.0 cm³/mol. The highest BCUT2D eigenvalue weighted by Gasteiger charge is 2.02. The molecule has 0 saturated carbocycles. The molecule has 0 amide bonds. The Morgan fingerprint density at radius 3 is 3.00 bits per heavy atom. The number of allylic oxidation sites excluding steroid dienone is 1. The largest absolute Gasteiger partial charge is 0.355 e. The van der Waals surface area contributed by atoms with E-state index in [1.165, 1.54) is 6.07 Å². The van der Waals surface area contributed by atoms with E-state index < -0.39 is 0 Å². The van der Waals surface area contributed by atoms with Gasteiger partial charge in [-0.2, -0.15) is 0 Å². The molecule has 0 saturated heterocycles. The number of benzene rings is 1.